The van der Waals surface area contributed by atoms with E-state index in [2.05, 4.69) is 5.32 Å². The molecule has 0 radical (unpaired) electrons. The van der Waals surface area contributed by atoms with Gasteiger partial charge in [0.25, 0.3) is 0 Å². The van der Waals surface area contributed by atoms with Crippen LogP contribution in [0.1, 0.15) is 11.5 Å². The molecule has 0 saturated carbocycles. The maximum absolute atomic E-state index is 13.6. The molecule has 192 valence electrons. The molecule has 1 amide bonds. The minimum atomic E-state index is -3.72. The van der Waals surface area contributed by atoms with Gasteiger partial charge in [-0.2, -0.15) is 4.31 Å². The van der Waals surface area contributed by atoms with Gasteiger partial charge in [0.05, 0.1) is 17.9 Å². The van der Waals surface area contributed by atoms with Crippen molar-refractivity contribution in [2.75, 3.05) is 60.1 Å². The van der Waals surface area contributed by atoms with Crippen molar-refractivity contribution in [1.29, 1.82) is 0 Å². The first-order valence-corrected chi connectivity index (χ1v) is 13.5. The number of benzene rings is 2. The Labute approximate surface area is 215 Å². The summed E-state index contributed by atoms with van der Waals surface area (Å²) in [7, 11) is -0.365. The molecule has 36 heavy (non-hydrogen) atoms. The number of carbonyl (C=O) groups is 1. The third-order valence-corrected chi connectivity index (χ3v) is 8.76. The zero-order chi connectivity index (χ0) is 25.4. The largest absolute Gasteiger partial charge is 0.496 e. The first-order valence-electron chi connectivity index (χ1n) is 11.7. The summed E-state index contributed by atoms with van der Waals surface area (Å²) in [5, 5.41) is 3.62. The minimum Gasteiger partial charge on any atom is -0.496 e. The molecular weight excluding hydrogens is 506 g/mol. The van der Waals surface area contributed by atoms with Crippen molar-refractivity contribution in [2.45, 2.75) is 10.8 Å². The van der Waals surface area contributed by atoms with Gasteiger partial charge in [0.2, 0.25) is 15.9 Å². The number of sulfonamides is 1. The molecule has 0 aliphatic carbocycles. The van der Waals surface area contributed by atoms with Crippen LogP contribution in [0.4, 0.5) is 0 Å². The number of methoxy groups -OCH3 is 1. The molecule has 2 aromatic carbocycles. The molecule has 0 spiro atoms. The molecule has 0 bridgehead atoms. The van der Waals surface area contributed by atoms with E-state index < -0.39 is 15.9 Å². The van der Waals surface area contributed by atoms with Gasteiger partial charge < -0.3 is 24.4 Å². The summed E-state index contributed by atoms with van der Waals surface area (Å²) in [6.45, 7) is 2.54. The number of ether oxygens (including phenoxy) is 3. The van der Waals surface area contributed by atoms with Crippen molar-refractivity contribution in [2.24, 2.45) is 0 Å². The number of fused-ring (bicyclic) bond motifs is 1. The molecule has 3 aliphatic rings. The third kappa shape index (κ3) is 4.54. The Kier molecular flexibility index (Phi) is 6.86. The van der Waals surface area contributed by atoms with Crippen molar-refractivity contribution < 1.29 is 27.4 Å². The number of amides is 1. The van der Waals surface area contributed by atoms with Gasteiger partial charge in [0, 0.05) is 49.4 Å². The summed E-state index contributed by atoms with van der Waals surface area (Å²) in [6.07, 6.45) is 0. The monoisotopic (exact) mass is 533 g/mol. The number of hydrogen-bond donors (Lipinski definition) is 1. The summed E-state index contributed by atoms with van der Waals surface area (Å²) in [6, 6.07) is 9.95. The minimum absolute atomic E-state index is 0.0550. The molecule has 2 aromatic rings. The molecule has 0 fully saturated rings. The van der Waals surface area contributed by atoms with E-state index in [0.29, 0.717) is 55.1 Å². The highest BCUT2D eigenvalue weighted by molar-refractivity contribution is 7.89. The van der Waals surface area contributed by atoms with Crippen LogP contribution in [0.5, 0.6) is 17.2 Å². The number of nitrogens with zero attached hydrogens (tertiary/aromatic N) is 2. The topological polar surface area (TPSA) is 97.4 Å². The van der Waals surface area contributed by atoms with Crippen molar-refractivity contribution in [3.63, 3.8) is 0 Å². The fourth-order valence-electron chi connectivity index (χ4n) is 4.94. The highest BCUT2D eigenvalue weighted by Crippen LogP contribution is 2.37. The summed E-state index contributed by atoms with van der Waals surface area (Å²) < 4.78 is 44.7. The van der Waals surface area contributed by atoms with E-state index in [-0.39, 0.29) is 23.9 Å². The lowest BCUT2D eigenvalue weighted by Gasteiger charge is -2.27. The zero-order valence-corrected chi connectivity index (χ0v) is 21.7. The number of rotatable bonds is 7. The van der Waals surface area contributed by atoms with Crippen LogP contribution in [-0.4, -0.2) is 83.6 Å². The SMILES string of the molecule is CNC[C@@H](C(=O)N1CC2=C(C1)CN(S(=O)(=O)c1ccc3c(c1)OCCO3)C2)c1cc(Cl)ccc1OC. The average molecular weight is 534 g/mol. The van der Waals surface area contributed by atoms with Crippen molar-refractivity contribution in [3.05, 3.63) is 58.1 Å². The lowest BCUT2D eigenvalue weighted by molar-refractivity contribution is -0.131. The van der Waals surface area contributed by atoms with Crippen molar-refractivity contribution >= 4 is 27.5 Å². The number of hydrogen-bond acceptors (Lipinski definition) is 7. The number of nitrogens with one attached hydrogen (secondary N) is 1. The van der Waals surface area contributed by atoms with Crippen LogP contribution in [-0.2, 0) is 14.8 Å². The predicted molar refractivity (Wildman–Crippen MR) is 134 cm³/mol. The number of likely N-dealkylation sites (N-methyl/N-ethyl adjacent to an activating group) is 1. The van der Waals surface area contributed by atoms with Gasteiger partial charge in [0.15, 0.2) is 11.5 Å². The molecule has 0 saturated heterocycles. The zero-order valence-electron chi connectivity index (χ0n) is 20.1. The quantitative estimate of drug-likeness (QED) is 0.545. The highest BCUT2D eigenvalue weighted by atomic mass is 35.5. The maximum Gasteiger partial charge on any atom is 0.243 e. The van der Waals surface area contributed by atoms with E-state index in [4.69, 9.17) is 25.8 Å². The lowest BCUT2D eigenvalue weighted by Crippen LogP contribution is -2.40. The Hall–Kier alpha value is -2.79. The summed E-state index contributed by atoms with van der Waals surface area (Å²) in [4.78, 5) is 15.5. The molecule has 0 unspecified atom stereocenters. The van der Waals surface area contributed by atoms with Crippen LogP contribution in [0.25, 0.3) is 0 Å². The molecule has 5 rings (SSSR count). The number of halogens is 1. The molecule has 0 aromatic heterocycles. The number of carbonyl (C=O) groups excluding carboxylic acids is 1. The van der Waals surface area contributed by atoms with E-state index in [1.165, 1.54) is 10.4 Å². The van der Waals surface area contributed by atoms with Crippen molar-refractivity contribution in [3.8, 4) is 17.2 Å². The van der Waals surface area contributed by atoms with E-state index in [9.17, 15) is 13.2 Å². The molecule has 9 nitrogen and oxygen atoms in total. The van der Waals surface area contributed by atoms with Gasteiger partial charge in [-0.25, -0.2) is 8.42 Å². The van der Waals surface area contributed by atoms with Crippen LogP contribution < -0.4 is 19.5 Å². The van der Waals surface area contributed by atoms with Gasteiger partial charge in [0.1, 0.15) is 19.0 Å². The van der Waals surface area contributed by atoms with Crippen LogP contribution in [0.3, 0.4) is 0 Å². The van der Waals surface area contributed by atoms with Gasteiger partial charge in [-0.1, -0.05) is 11.6 Å². The smallest absolute Gasteiger partial charge is 0.243 e. The Morgan fingerprint density at radius 2 is 1.75 bits per heavy atom. The summed E-state index contributed by atoms with van der Waals surface area (Å²) in [5.41, 5.74) is 2.65. The summed E-state index contributed by atoms with van der Waals surface area (Å²) in [5.74, 6) is 1.04. The third-order valence-electron chi connectivity index (χ3n) is 6.73. The molecule has 3 aliphatic heterocycles. The molecular formula is C25H28ClN3O6S. The highest BCUT2D eigenvalue weighted by Gasteiger charge is 2.39. The first kappa shape index (κ1) is 24.9. The van der Waals surface area contributed by atoms with E-state index in [1.54, 1.807) is 49.4 Å². The van der Waals surface area contributed by atoms with E-state index >= 15 is 0 Å². The fraction of sp³-hybridized carbons (Fsp3) is 0.400. The Morgan fingerprint density at radius 3 is 2.42 bits per heavy atom. The Balaban J connectivity index is 1.29. The Morgan fingerprint density at radius 1 is 1.06 bits per heavy atom. The molecule has 1 N–H and O–H groups in total. The second kappa shape index (κ2) is 9.93. The van der Waals surface area contributed by atoms with Gasteiger partial charge in [-0.05, 0) is 48.5 Å². The second-order valence-electron chi connectivity index (χ2n) is 8.98. The summed E-state index contributed by atoms with van der Waals surface area (Å²) >= 11 is 6.22. The van der Waals surface area contributed by atoms with Gasteiger partial charge in [-0.3, -0.25) is 4.79 Å². The molecule has 1 atom stereocenters. The van der Waals surface area contributed by atoms with Crippen molar-refractivity contribution in [1.82, 2.24) is 14.5 Å². The van der Waals surface area contributed by atoms with Crippen LogP contribution >= 0.6 is 11.6 Å². The van der Waals surface area contributed by atoms with E-state index in [0.717, 1.165) is 16.7 Å². The average Bonchev–Trinajstić information content (AvgIpc) is 3.47. The standard InChI is InChI=1S/C25H28ClN3O6S/c1-27-11-21(20-9-18(26)3-5-22(20)33-2)25(30)28-12-16-14-29(15-17(16)13-28)36(31,32)19-4-6-23-24(10-19)35-8-7-34-23/h3-6,9-10,21,27H,7-8,11-15H2,1-2H3/t21-/m1/s1. The molecule has 11 heteroatoms. The first-order chi connectivity index (χ1) is 17.3. The normalized spacial score (nSPS) is 18.4. The fourth-order valence-corrected chi connectivity index (χ4v) is 6.56. The predicted octanol–water partition coefficient (Wildman–Crippen LogP) is 2.27. The Bertz CT molecular complexity index is 1310. The van der Waals surface area contributed by atoms with E-state index in [1.807, 2.05) is 0 Å². The lowest BCUT2D eigenvalue weighted by atomic mass is 9.96. The van der Waals surface area contributed by atoms with Gasteiger partial charge in [-0.15, -0.1) is 0 Å². The molecule has 3 heterocycles. The second-order valence-corrected chi connectivity index (χ2v) is 11.4. The van der Waals surface area contributed by atoms with Crippen LogP contribution in [0, 0.1) is 0 Å². The maximum atomic E-state index is 13.6. The van der Waals surface area contributed by atoms with Crippen LogP contribution in [0.2, 0.25) is 5.02 Å². The van der Waals surface area contributed by atoms with Gasteiger partial charge >= 0.3 is 0 Å². The van der Waals surface area contributed by atoms with Crippen LogP contribution in [0.15, 0.2) is 52.4 Å².